The van der Waals surface area contributed by atoms with Crippen LogP contribution in [0.1, 0.15) is 12.0 Å². The topological polar surface area (TPSA) is 66.4 Å². The molecule has 0 aromatic heterocycles. The summed E-state index contributed by atoms with van der Waals surface area (Å²) in [6.07, 6.45) is 1.79. The average molecular weight is 278 g/mol. The number of benzene rings is 1. The fraction of sp³-hybridized carbons (Fsp3) is 0.455. The van der Waals surface area contributed by atoms with E-state index in [-0.39, 0.29) is 11.5 Å². The molecule has 96 valence electrons. The summed E-state index contributed by atoms with van der Waals surface area (Å²) >= 11 is 5.99. The van der Waals surface area contributed by atoms with Gasteiger partial charge in [0.25, 0.3) is 0 Å². The first-order chi connectivity index (χ1) is 7.96. The van der Waals surface area contributed by atoms with Crippen LogP contribution in [-0.2, 0) is 16.4 Å². The lowest BCUT2D eigenvalue weighted by Crippen LogP contribution is -2.18. The van der Waals surface area contributed by atoms with Crippen LogP contribution in [0.3, 0.4) is 0 Å². The van der Waals surface area contributed by atoms with Crippen molar-refractivity contribution in [1.29, 1.82) is 0 Å². The van der Waals surface area contributed by atoms with E-state index in [9.17, 15) is 8.42 Å². The molecular weight excluding hydrogens is 262 g/mol. The van der Waals surface area contributed by atoms with Gasteiger partial charge >= 0.3 is 0 Å². The summed E-state index contributed by atoms with van der Waals surface area (Å²) in [4.78, 5) is 0.251. The fourth-order valence-electron chi connectivity index (χ4n) is 1.48. The maximum absolute atomic E-state index is 11.6. The zero-order valence-electron chi connectivity index (χ0n) is 9.61. The molecule has 0 heterocycles. The summed E-state index contributed by atoms with van der Waals surface area (Å²) in [5.74, 6) is 0. The van der Waals surface area contributed by atoms with Crippen molar-refractivity contribution in [2.45, 2.75) is 17.9 Å². The van der Waals surface area contributed by atoms with Gasteiger partial charge in [0.15, 0.2) is 9.84 Å². The summed E-state index contributed by atoms with van der Waals surface area (Å²) in [5, 5.41) is 12.1. The molecule has 1 aromatic rings. The number of aliphatic hydroxyl groups is 1. The van der Waals surface area contributed by atoms with Crippen molar-refractivity contribution in [3.8, 4) is 0 Å². The zero-order chi connectivity index (χ0) is 12.9. The Bertz CT molecular complexity index is 474. The Kier molecular flexibility index (Phi) is 5.39. The Morgan fingerprint density at radius 1 is 1.41 bits per heavy atom. The first kappa shape index (κ1) is 14.4. The minimum Gasteiger partial charge on any atom is -0.396 e. The molecule has 4 nitrogen and oxygen atoms in total. The maximum atomic E-state index is 11.6. The van der Waals surface area contributed by atoms with Crippen molar-refractivity contribution in [3.63, 3.8) is 0 Å². The molecule has 17 heavy (non-hydrogen) atoms. The second-order valence-electron chi connectivity index (χ2n) is 3.74. The molecule has 0 saturated heterocycles. The predicted octanol–water partition coefficient (Wildman–Crippen LogP) is 1.22. The minimum absolute atomic E-state index is 0.106. The summed E-state index contributed by atoms with van der Waals surface area (Å²) in [6.45, 7) is 1.10. The van der Waals surface area contributed by atoms with Crippen LogP contribution >= 0.6 is 11.6 Å². The van der Waals surface area contributed by atoms with Crippen molar-refractivity contribution in [3.05, 3.63) is 28.8 Å². The number of rotatable bonds is 6. The molecule has 1 aromatic carbocycles. The molecule has 0 atom stereocenters. The third-order valence-electron chi connectivity index (χ3n) is 2.29. The van der Waals surface area contributed by atoms with E-state index in [0.717, 1.165) is 6.26 Å². The molecule has 0 unspecified atom stereocenters. The van der Waals surface area contributed by atoms with E-state index in [2.05, 4.69) is 5.32 Å². The van der Waals surface area contributed by atoms with Crippen molar-refractivity contribution < 1.29 is 13.5 Å². The number of aliphatic hydroxyl groups excluding tert-OH is 1. The summed E-state index contributed by atoms with van der Waals surface area (Å²) in [6, 6.07) is 4.83. The average Bonchev–Trinajstić information content (AvgIpc) is 2.24. The molecule has 0 aliphatic rings. The molecule has 2 N–H and O–H groups in total. The van der Waals surface area contributed by atoms with E-state index in [0.29, 0.717) is 30.1 Å². The van der Waals surface area contributed by atoms with Gasteiger partial charge in [0.1, 0.15) is 0 Å². The summed E-state index contributed by atoms with van der Waals surface area (Å²) < 4.78 is 23.1. The first-order valence-corrected chi connectivity index (χ1v) is 7.52. The number of hydrogen-bond donors (Lipinski definition) is 2. The van der Waals surface area contributed by atoms with Crippen LogP contribution in [0.2, 0.25) is 5.02 Å². The van der Waals surface area contributed by atoms with Gasteiger partial charge < -0.3 is 10.4 Å². The fourth-order valence-corrected chi connectivity index (χ4v) is 2.73. The Labute approximate surface area is 107 Å². The van der Waals surface area contributed by atoms with Crippen LogP contribution in [0.4, 0.5) is 0 Å². The van der Waals surface area contributed by atoms with Gasteiger partial charge in [-0.25, -0.2) is 8.42 Å². The van der Waals surface area contributed by atoms with Crippen LogP contribution < -0.4 is 5.32 Å². The predicted molar refractivity (Wildman–Crippen MR) is 68.0 cm³/mol. The van der Waals surface area contributed by atoms with Crippen molar-refractivity contribution in [2.75, 3.05) is 19.4 Å². The second-order valence-corrected chi connectivity index (χ2v) is 6.13. The van der Waals surface area contributed by atoms with Crippen molar-refractivity contribution in [1.82, 2.24) is 5.32 Å². The van der Waals surface area contributed by atoms with E-state index in [1.807, 2.05) is 0 Å². The normalized spacial score (nSPS) is 11.7. The van der Waals surface area contributed by atoms with E-state index >= 15 is 0 Å². The molecule has 6 heteroatoms. The number of sulfone groups is 1. The number of halogens is 1. The summed E-state index contributed by atoms with van der Waals surface area (Å²) in [7, 11) is -3.27. The quantitative estimate of drug-likeness (QED) is 0.767. The van der Waals surface area contributed by atoms with E-state index in [4.69, 9.17) is 16.7 Å². The summed E-state index contributed by atoms with van der Waals surface area (Å²) in [5.41, 5.74) is 0.578. The van der Waals surface area contributed by atoms with Crippen LogP contribution in [0, 0.1) is 0 Å². The van der Waals surface area contributed by atoms with Crippen molar-refractivity contribution in [2.24, 2.45) is 0 Å². The van der Waals surface area contributed by atoms with Crippen LogP contribution in [0.15, 0.2) is 23.1 Å². The zero-order valence-corrected chi connectivity index (χ0v) is 11.2. The molecule has 0 aliphatic heterocycles. The molecular formula is C11H16ClNO3S. The Morgan fingerprint density at radius 2 is 2.12 bits per heavy atom. The molecule has 0 bridgehead atoms. The van der Waals surface area contributed by atoms with Crippen LogP contribution in [0.5, 0.6) is 0 Å². The van der Waals surface area contributed by atoms with E-state index < -0.39 is 9.84 Å². The van der Waals surface area contributed by atoms with Crippen molar-refractivity contribution >= 4 is 21.4 Å². The van der Waals surface area contributed by atoms with Crippen LogP contribution in [-0.4, -0.2) is 32.9 Å². The molecule has 1 rings (SSSR count). The highest BCUT2D eigenvalue weighted by molar-refractivity contribution is 7.90. The Hall–Kier alpha value is -0.620. The third kappa shape index (κ3) is 4.27. The molecule has 0 fully saturated rings. The minimum atomic E-state index is -3.27. The lowest BCUT2D eigenvalue weighted by molar-refractivity contribution is 0.286. The Balaban J connectivity index is 2.89. The standard InChI is InChI=1S/C11H16ClNO3S/c1-17(15,16)11-5-2-4-10(12)9(11)8-13-6-3-7-14/h2,4-5,13-14H,3,6-8H2,1H3. The van der Waals surface area contributed by atoms with E-state index in [1.165, 1.54) is 0 Å². The second kappa shape index (κ2) is 6.35. The van der Waals surface area contributed by atoms with Gasteiger partial charge in [0.2, 0.25) is 0 Å². The monoisotopic (exact) mass is 277 g/mol. The SMILES string of the molecule is CS(=O)(=O)c1cccc(Cl)c1CNCCCO. The Morgan fingerprint density at radius 3 is 2.71 bits per heavy atom. The van der Waals surface area contributed by atoms with Gasteiger partial charge in [-0.1, -0.05) is 17.7 Å². The lowest BCUT2D eigenvalue weighted by atomic mass is 10.2. The van der Waals surface area contributed by atoms with Crippen LogP contribution in [0.25, 0.3) is 0 Å². The first-order valence-electron chi connectivity index (χ1n) is 5.26. The number of nitrogens with one attached hydrogen (secondary N) is 1. The van der Waals surface area contributed by atoms with Gasteiger partial charge in [0, 0.05) is 30.0 Å². The van der Waals surface area contributed by atoms with Gasteiger partial charge in [-0.15, -0.1) is 0 Å². The molecule has 0 radical (unpaired) electrons. The highest BCUT2D eigenvalue weighted by Crippen LogP contribution is 2.23. The highest BCUT2D eigenvalue weighted by atomic mass is 35.5. The number of hydrogen-bond acceptors (Lipinski definition) is 4. The molecule has 0 aliphatic carbocycles. The highest BCUT2D eigenvalue weighted by Gasteiger charge is 2.15. The van der Waals surface area contributed by atoms with Gasteiger partial charge in [-0.2, -0.15) is 0 Å². The van der Waals surface area contributed by atoms with Gasteiger partial charge in [-0.3, -0.25) is 0 Å². The smallest absolute Gasteiger partial charge is 0.175 e. The lowest BCUT2D eigenvalue weighted by Gasteiger charge is -2.10. The van der Waals surface area contributed by atoms with Gasteiger partial charge in [0.05, 0.1) is 4.90 Å². The molecule has 0 spiro atoms. The third-order valence-corrected chi connectivity index (χ3v) is 3.82. The maximum Gasteiger partial charge on any atom is 0.175 e. The van der Waals surface area contributed by atoms with E-state index in [1.54, 1.807) is 18.2 Å². The largest absolute Gasteiger partial charge is 0.396 e. The van der Waals surface area contributed by atoms with Gasteiger partial charge in [-0.05, 0) is 25.1 Å². The molecule has 0 saturated carbocycles. The molecule has 0 amide bonds.